The molecule has 1 aliphatic carbocycles. The molecule has 5 rings (SSSR count). The highest BCUT2D eigenvalue weighted by molar-refractivity contribution is 6.32. The smallest absolute Gasteiger partial charge is 0.289 e. The summed E-state index contributed by atoms with van der Waals surface area (Å²) in [5.41, 5.74) is 0.202. The molecule has 0 saturated carbocycles. The molecule has 0 bridgehead atoms. The number of nitrogens with zero attached hydrogens (tertiary/aromatic N) is 2. The molecule has 0 atom stereocenters. The van der Waals surface area contributed by atoms with Crippen molar-refractivity contribution in [2.75, 3.05) is 26.2 Å². The SMILES string of the molecule is O=C(c1ccco1)N1CCN(C2(c3ccccc3)C(=O)c3ccccc3C2=O)CC1. The Morgan fingerprint density at radius 1 is 0.767 bits per heavy atom. The van der Waals surface area contributed by atoms with Gasteiger partial charge in [-0.3, -0.25) is 19.3 Å². The van der Waals surface area contributed by atoms with Crippen LogP contribution in [0.5, 0.6) is 0 Å². The van der Waals surface area contributed by atoms with E-state index in [1.807, 2.05) is 35.2 Å². The van der Waals surface area contributed by atoms with E-state index in [0.717, 1.165) is 0 Å². The highest BCUT2D eigenvalue weighted by Crippen LogP contribution is 2.42. The molecule has 1 aromatic heterocycles. The van der Waals surface area contributed by atoms with Gasteiger partial charge in [-0.25, -0.2) is 0 Å². The largest absolute Gasteiger partial charge is 0.459 e. The Morgan fingerprint density at radius 3 is 1.93 bits per heavy atom. The molecule has 1 saturated heterocycles. The maximum Gasteiger partial charge on any atom is 0.289 e. The van der Waals surface area contributed by atoms with Gasteiger partial charge in [0.05, 0.1) is 6.26 Å². The molecule has 2 heterocycles. The molecule has 1 aliphatic heterocycles. The number of hydrogen-bond donors (Lipinski definition) is 0. The number of Topliss-reactive ketones (excluding diaryl/α,β-unsaturated/α-hetero) is 2. The zero-order chi connectivity index (χ0) is 20.7. The average molecular weight is 400 g/mol. The van der Waals surface area contributed by atoms with Crippen molar-refractivity contribution in [2.45, 2.75) is 5.54 Å². The Balaban J connectivity index is 1.51. The van der Waals surface area contributed by atoms with Gasteiger partial charge in [-0.05, 0) is 17.7 Å². The van der Waals surface area contributed by atoms with E-state index in [1.165, 1.54) is 6.26 Å². The first-order chi connectivity index (χ1) is 14.6. The lowest BCUT2D eigenvalue weighted by molar-refractivity contribution is 0.0269. The number of benzene rings is 2. The van der Waals surface area contributed by atoms with Crippen molar-refractivity contribution in [3.8, 4) is 0 Å². The second kappa shape index (κ2) is 7.07. The molecule has 2 aliphatic rings. The predicted molar refractivity (Wildman–Crippen MR) is 109 cm³/mol. The van der Waals surface area contributed by atoms with Gasteiger partial charge < -0.3 is 9.32 Å². The quantitative estimate of drug-likeness (QED) is 0.632. The van der Waals surface area contributed by atoms with Gasteiger partial charge in [0, 0.05) is 37.3 Å². The summed E-state index contributed by atoms with van der Waals surface area (Å²) in [6, 6.07) is 19.6. The lowest BCUT2D eigenvalue weighted by Crippen LogP contribution is -2.61. The van der Waals surface area contributed by atoms with E-state index in [2.05, 4.69) is 0 Å². The third-order valence-corrected chi connectivity index (χ3v) is 6.04. The molecule has 0 N–H and O–H groups in total. The van der Waals surface area contributed by atoms with Crippen LogP contribution in [0.3, 0.4) is 0 Å². The zero-order valence-electron chi connectivity index (χ0n) is 16.3. The number of ketones is 2. The number of rotatable bonds is 3. The topological polar surface area (TPSA) is 70.8 Å². The van der Waals surface area contributed by atoms with Crippen LogP contribution in [0.25, 0.3) is 0 Å². The van der Waals surface area contributed by atoms with Crippen molar-refractivity contribution in [1.29, 1.82) is 0 Å². The van der Waals surface area contributed by atoms with E-state index in [4.69, 9.17) is 4.42 Å². The summed E-state index contributed by atoms with van der Waals surface area (Å²) < 4.78 is 5.23. The first-order valence-electron chi connectivity index (χ1n) is 9.96. The van der Waals surface area contributed by atoms with E-state index >= 15 is 0 Å². The fourth-order valence-electron chi connectivity index (χ4n) is 4.58. The zero-order valence-corrected chi connectivity index (χ0v) is 16.3. The van der Waals surface area contributed by atoms with Crippen LogP contribution in [0.1, 0.15) is 36.8 Å². The standard InChI is InChI=1S/C24H20N2O4/c27-21-18-9-4-5-10-19(18)22(28)24(21,17-7-2-1-3-8-17)26-14-12-25(13-15-26)23(29)20-11-6-16-30-20/h1-11,16H,12-15H2. The minimum atomic E-state index is -1.38. The fraction of sp³-hybridized carbons (Fsp3) is 0.208. The second-order valence-corrected chi connectivity index (χ2v) is 7.54. The molecule has 3 aromatic rings. The summed E-state index contributed by atoms with van der Waals surface area (Å²) in [6.07, 6.45) is 1.47. The van der Waals surface area contributed by atoms with Gasteiger partial charge in [-0.2, -0.15) is 0 Å². The van der Waals surface area contributed by atoms with Crippen LogP contribution in [0.15, 0.2) is 77.4 Å². The molecular weight excluding hydrogens is 380 g/mol. The molecular formula is C24H20N2O4. The van der Waals surface area contributed by atoms with E-state index in [0.29, 0.717) is 48.6 Å². The lowest BCUT2D eigenvalue weighted by Gasteiger charge is -2.43. The molecule has 1 amide bonds. The maximum atomic E-state index is 13.7. The summed E-state index contributed by atoms with van der Waals surface area (Å²) in [5.74, 6) is -0.275. The Kier molecular flexibility index (Phi) is 4.37. The Bertz CT molecular complexity index is 1080. The predicted octanol–water partition coefficient (Wildman–Crippen LogP) is 3.01. The van der Waals surface area contributed by atoms with Gasteiger partial charge in [-0.15, -0.1) is 0 Å². The van der Waals surface area contributed by atoms with E-state index in [-0.39, 0.29) is 17.5 Å². The third kappa shape index (κ3) is 2.57. The minimum Gasteiger partial charge on any atom is -0.459 e. The average Bonchev–Trinajstić information content (AvgIpc) is 3.41. The number of piperazine rings is 1. The van der Waals surface area contributed by atoms with Crippen molar-refractivity contribution in [2.24, 2.45) is 0 Å². The van der Waals surface area contributed by atoms with Gasteiger partial charge in [0.25, 0.3) is 5.91 Å². The maximum absolute atomic E-state index is 13.7. The van der Waals surface area contributed by atoms with Crippen LogP contribution in [0, 0.1) is 0 Å². The normalized spacial score (nSPS) is 18.5. The molecule has 30 heavy (non-hydrogen) atoms. The van der Waals surface area contributed by atoms with Crippen molar-refractivity contribution in [3.63, 3.8) is 0 Å². The Labute approximate surface area is 173 Å². The minimum absolute atomic E-state index is 0.180. The van der Waals surface area contributed by atoms with E-state index in [1.54, 1.807) is 41.3 Å². The van der Waals surface area contributed by atoms with Gasteiger partial charge in [0.15, 0.2) is 22.9 Å². The first kappa shape index (κ1) is 18.5. The van der Waals surface area contributed by atoms with Gasteiger partial charge in [0.2, 0.25) is 0 Å². The van der Waals surface area contributed by atoms with Crippen LogP contribution < -0.4 is 0 Å². The molecule has 0 radical (unpaired) electrons. The Hall–Kier alpha value is -3.51. The summed E-state index contributed by atoms with van der Waals surface area (Å²) in [7, 11) is 0. The van der Waals surface area contributed by atoms with Crippen LogP contribution >= 0.6 is 0 Å². The first-order valence-corrected chi connectivity index (χ1v) is 9.96. The number of fused-ring (bicyclic) bond motifs is 1. The monoisotopic (exact) mass is 400 g/mol. The molecule has 6 heteroatoms. The van der Waals surface area contributed by atoms with Gasteiger partial charge in [-0.1, -0.05) is 54.6 Å². The van der Waals surface area contributed by atoms with E-state index in [9.17, 15) is 14.4 Å². The van der Waals surface area contributed by atoms with Crippen molar-refractivity contribution >= 4 is 17.5 Å². The number of hydrogen-bond acceptors (Lipinski definition) is 5. The van der Waals surface area contributed by atoms with Gasteiger partial charge >= 0.3 is 0 Å². The van der Waals surface area contributed by atoms with Crippen LogP contribution in [-0.4, -0.2) is 53.5 Å². The van der Waals surface area contributed by atoms with Crippen LogP contribution in [-0.2, 0) is 5.54 Å². The number of furan rings is 1. The summed E-state index contributed by atoms with van der Waals surface area (Å²) >= 11 is 0. The van der Waals surface area contributed by atoms with Crippen molar-refractivity contribution < 1.29 is 18.8 Å². The summed E-state index contributed by atoms with van der Waals surface area (Å²) in [5, 5.41) is 0. The number of carbonyl (C=O) groups is 3. The lowest BCUT2D eigenvalue weighted by atomic mass is 9.82. The highest BCUT2D eigenvalue weighted by atomic mass is 16.3. The van der Waals surface area contributed by atoms with Crippen LogP contribution in [0.2, 0.25) is 0 Å². The molecule has 0 spiro atoms. The molecule has 150 valence electrons. The summed E-state index contributed by atoms with van der Waals surface area (Å²) in [4.78, 5) is 43.6. The third-order valence-electron chi connectivity index (χ3n) is 6.04. The number of amides is 1. The van der Waals surface area contributed by atoms with Gasteiger partial charge in [0.1, 0.15) is 0 Å². The van der Waals surface area contributed by atoms with Crippen molar-refractivity contribution in [1.82, 2.24) is 9.80 Å². The Morgan fingerprint density at radius 2 is 1.37 bits per heavy atom. The fourth-order valence-corrected chi connectivity index (χ4v) is 4.58. The molecule has 0 unspecified atom stereocenters. The summed E-state index contributed by atoms with van der Waals surface area (Å²) in [6.45, 7) is 1.63. The molecule has 2 aromatic carbocycles. The number of carbonyl (C=O) groups excluding carboxylic acids is 3. The van der Waals surface area contributed by atoms with E-state index < -0.39 is 5.54 Å². The molecule has 1 fully saturated rings. The second-order valence-electron chi connectivity index (χ2n) is 7.54. The highest BCUT2D eigenvalue weighted by Gasteiger charge is 2.58. The molecule has 6 nitrogen and oxygen atoms in total. The van der Waals surface area contributed by atoms with Crippen LogP contribution in [0.4, 0.5) is 0 Å². The van der Waals surface area contributed by atoms with Crippen molar-refractivity contribution in [3.05, 3.63) is 95.4 Å².